The lowest BCUT2D eigenvalue weighted by Gasteiger charge is -2.23. The van der Waals surface area contributed by atoms with Gasteiger partial charge in [-0.25, -0.2) is 13.1 Å². The van der Waals surface area contributed by atoms with Gasteiger partial charge in [0.1, 0.15) is 0 Å². The number of hydrogen-bond acceptors (Lipinski definition) is 3. The van der Waals surface area contributed by atoms with Gasteiger partial charge in [0.05, 0.1) is 12.4 Å². The zero-order valence-electron chi connectivity index (χ0n) is 11.9. The van der Waals surface area contributed by atoms with E-state index in [1.54, 1.807) is 24.3 Å². The number of nitrogens with one attached hydrogen (secondary N) is 1. The van der Waals surface area contributed by atoms with E-state index in [0.717, 1.165) is 24.0 Å². The lowest BCUT2D eigenvalue weighted by atomic mass is 9.89. The Balaban J connectivity index is 1.92. The lowest BCUT2D eigenvalue weighted by molar-refractivity contribution is 0.282. The molecule has 2 N–H and O–H groups in total. The van der Waals surface area contributed by atoms with E-state index in [9.17, 15) is 8.42 Å². The van der Waals surface area contributed by atoms with Crippen molar-refractivity contribution in [2.24, 2.45) is 5.41 Å². The highest BCUT2D eigenvalue weighted by Gasteiger charge is 2.29. The summed E-state index contributed by atoms with van der Waals surface area (Å²) < 4.78 is 26.9. The van der Waals surface area contributed by atoms with Gasteiger partial charge in [-0.05, 0) is 29.4 Å². The molecule has 0 spiro atoms. The Kier molecular flexibility index (Phi) is 4.83. The second-order valence-electron chi connectivity index (χ2n) is 6.07. The summed E-state index contributed by atoms with van der Waals surface area (Å²) >= 11 is 0. The van der Waals surface area contributed by atoms with E-state index in [0.29, 0.717) is 6.54 Å². The van der Waals surface area contributed by atoms with E-state index in [1.165, 1.54) is 12.8 Å². The first kappa shape index (κ1) is 15.5. The van der Waals surface area contributed by atoms with E-state index in [4.69, 9.17) is 5.11 Å². The van der Waals surface area contributed by atoms with Crippen LogP contribution in [-0.4, -0.2) is 20.1 Å². The van der Waals surface area contributed by atoms with Gasteiger partial charge in [-0.3, -0.25) is 0 Å². The number of hydrogen-bond donors (Lipinski definition) is 2. The van der Waals surface area contributed by atoms with Gasteiger partial charge < -0.3 is 5.11 Å². The van der Waals surface area contributed by atoms with Gasteiger partial charge in [-0.1, -0.05) is 44.0 Å². The second-order valence-corrected chi connectivity index (χ2v) is 7.88. The van der Waals surface area contributed by atoms with E-state index in [2.05, 4.69) is 11.6 Å². The van der Waals surface area contributed by atoms with Crippen LogP contribution < -0.4 is 4.72 Å². The fourth-order valence-electron chi connectivity index (χ4n) is 2.70. The van der Waals surface area contributed by atoms with E-state index in [-0.39, 0.29) is 17.8 Å². The van der Waals surface area contributed by atoms with Crippen LogP contribution in [0.5, 0.6) is 0 Å². The number of aliphatic hydroxyl groups excluding tert-OH is 1. The Labute approximate surface area is 121 Å². The van der Waals surface area contributed by atoms with Crippen LogP contribution >= 0.6 is 0 Å². The molecule has 112 valence electrons. The molecule has 1 aliphatic carbocycles. The largest absolute Gasteiger partial charge is 0.392 e. The van der Waals surface area contributed by atoms with Crippen LogP contribution in [0.15, 0.2) is 24.3 Å². The van der Waals surface area contributed by atoms with Crippen LogP contribution in [0.25, 0.3) is 0 Å². The topological polar surface area (TPSA) is 66.4 Å². The smallest absolute Gasteiger partial charge is 0.215 e. The van der Waals surface area contributed by atoms with Crippen molar-refractivity contribution in [3.05, 3.63) is 35.4 Å². The van der Waals surface area contributed by atoms with Crippen LogP contribution in [0.2, 0.25) is 0 Å². The Morgan fingerprint density at radius 1 is 1.15 bits per heavy atom. The Morgan fingerprint density at radius 2 is 1.70 bits per heavy atom. The van der Waals surface area contributed by atoms with Crippen molar-refractivity contribution in [3.8, 4) is 0 Å². The van der Waals surface area contributed by atoms with Crippen LogP contribution in [0.1, 0.15) is 43.7 Å². The van der Waals surface area contributed by atoms with Crippen molar-refractivity contribution < 1.29 is 13.5 Å². The molecular weight excluding hydrogens is 274 g/mol. The van der Waals surface area contributed by atoms with Gasteiger partial charge in [-0.15, -0.1) is 0 Å². The number of sulfonamides is 1. The van der Waals surface area contributed by atoms with Crippen molar-refractivity contribution in [3.63, 3.8) is 0 Å². The molecule has 1 aliphatic rings. The van der Waals surface area contributed by atoms with E-state index < -0.39 is 10.0 Å². The number of rotatable bonds is 6. The number of aliphatic hydroxyl groups is 1. The summed E-state index contributed by atoms with van der Waals surface area (Å²) in [6.07, 6.45) is 4.59. The molecule has 1 fully saturated rings. The molecule has 0 unspecified atom stereocenters. The summed E-state index contributed by atoms with van der Waals surface area (Å²) in [6, 6.07) is 7.01. The average Bonchev–Trinajstić information content (AvgIpc) is 2.85. The third-order valence-corrected chi connectivity index (χ3v) is 5.39. The molecule has 1 aromatic carbocycles. The fraction of sp³-hybridized carbons (Fsp3) is 0.600. The minimum atomic E-state index is -3.29. The normalized spacial score (nSPS) is 18.3. The van der Waals surface area contributed by atoms with Crippen molar-refractivity contribution in [2.45, 2.75) is 45.0 Å². The molecule has 5 heteroatoms. The molecule has 4 nitrogen and oxygen atoms in total. The third-order valence-electron chi connectivity index (χ3n) is 4.09. The second kappa shape index (κ2) is 6.24. The first-order chi connectivity index (χ1) is 9.42. The SMILES string of the molecule is CC1(CNS(=O)(=O)Cc2ccc(CO)cc2)CCCC1. The maximum atomic E-state index is 12.1. The van der Waals surface area contributed by atoms with Crippen molar-refractivity contribution in [2.75, 3.05) is 6.54 Å². The van der Waals surface area contributed by atoms with E-state index >= 15 is 0 Å². The zero-order chi connectivity index (χ0) is 14.6. The standard InChI is InChI=1S/C15H23NO3S/c1-15(8-2-3-9-15)12-16-20(18,19)11-14-6-4-13(10-17)5-7-14/h4-7,16-17H,2-3,8-12H2,1H3. The summed E-state index contributed by atoms with van der Waals surface area (Å²) in [5.41, 5.74) is 1.65. The molecular formula is C15H23NO3S. The van der Waals surface area contributed by atoms with Crippen LogP contribution in [0.3, 0.4) is 0 Å². The Bertz CT molecular complexity index is 531. The summed E-state index contributed by atoms with van der Waals surface area (Å²) in [5.74, 6) is -0.00517. The molecule has 1 saturated carbocycles. The molecule has 0 saturated heterocycles. The maximum absolute atomic E-state index is 12.1. The van der Waals surface area contributed by atoms with Crippen LogP contribution in [-0.2, 0) is 22.4 Å². The summed E-state index contributed by atoms with van der Waals surface area (Å²) in [4.78, 5) is 0. The van der Waals surface area contributed by atoms with E-state index in [1.807, 2.05) is 0 Å². The summed E-state index contributed by atoms with van der Waals surface area (Å²) in [5, 5.41) is 8.96. The van der Waals surface area contributed by atoms with Crippen molar-refractivity contribution in [1.82, 2.24) is 4.72 Å². The minimum Gasteiger partial charge on any atom is -0.392 e. The zero-order valence-corrected chi connectivity index (χ0v) is 12.7. The monoisotopic (exact) mass is 297 g/mol. The van der Waals surface area contributed by atoms with Gasteiger partial charge in [0, 0.05) is 6.54 Å². The molecule has 20 heavy (non-hydrogen) atoms. The molecule has 0 aliphatic heterocycles. The minimum absolute atomic E-state index is 0.00517. The van der Waals surface area contributed by atoms with Crippen LogP contribution in [0, 0.1) is 5.41 Å². The molecule has 0 radical (unpaired) electrons. The highest BCUT2D eigenvalue weighted by Crippen LogP contribution is 2.36. The fourth-order valence-corrected chi connectivity index (χ4v) is 4.00. The molecule has 0 bridgehead atoms. The molecule has 0 heterocycles. The lowest BCUT2D eigenvalue weighted by Crippen LogP contribution is -2.34. The average molecular weight is 297 g/mol. The van der Waals surface area contributed by atoms with Gasteiger partial charge in [0.15, 0.2) is 0 Å². The molecule has 0 amide bonds. The quantitative estimate of drug-likeness (QED) is 0.846. The van der Waals surface area contributed by atoms with Crippen molar-refractivity contribution >= 4 is 10.0 Å². The third kappa shape index (κ3) is 4.30. The van der Waals surface area contributed by atoms with Gasteiger partial charge in [0.2, 0.25) is 10.0 Å². The number of benzene rings is 1. The Hall–Kier alpha value is -0.910. The molecule has 0 atom stereocenters. The summed E-state index contributed by atoms with van der Waals surface area (Å²) in [6.45, 7) is 2.66. The highest BCUT2D eigenvalue weighted by molar-refractivity contribution is 7.88. The molecule has 1 aromatic rings. The Morgan fingerprint density at radius 3 is 2.25 bits per heavy atom. The van der Waals surface area contributed by atoms with Gasteiger partial charge >= 0.3 is 0 Å². The summed E-state index contributed by atoms with van der Waals surface area (Å²) in [7, 11) is -3.29. The molecule has 0 aromatic heterocycles. The highest BCUT2D eigenvalue weighted by atomic mass is 32.2. The maximum Gasteiger partial charge on any atom is 0.215 e. The predicted molar refractivity (Wildman–Crippen MR) is 79.6 cm³/mol. The first-order valence-electron chi connectivity index (χ1n) is 7.09. The van der Waals surface area contributed by atoms with Crippen molar-refractivity contribution in [1.29, 1.82) is 0 Å². The van der Waals surface area contributed by atoms with Crippen LogP contribution in [0.4, 0.5) is 0 Å². The van der Waals surface area contributed by atoms with Gasteiger partial charge in [-0.2, -0.15) is 0 Å². The first-order valence-corrected chi connectivity index (χ1v) is 8.74. The molecule has 2 rings (SSSR count). The van der Waals surface area contributed by atoms with Gasteiger partial charge in [0.25, 0.3) is 0 Å². The predicted octanol–water partition coefficient (Wildman–Crippen LogP) is 2.18.